The molecular formula is C11H16N2. The lowest BCUT2D eigenvalue weighted by molar-refractivity contribution is 0.630. The zero-order valence-corrected chi connectivity index (χ0v) is 7.96. The van der Waals surface area contributed by atoms with Gasteiger partial charge in [-0.3, -0.25) is 0 Å². The third-order valence-electron chi connectivity index (χ3n) is 2.91. The quantitative estimate of drug-likeness (QED) is 0.677. The average Bonchev–Trinajstić information content (AvgIpc) is 2.91. The predicted molar refractivity (Wildman–Crippen MR) is 55.2 cm³/mol. The van der Waals surface area contributed by atoms with Crippen molar-refractivity contribution in [2.24, 2.45) is 11.7 Å². The van der Waals surface area contributed by atoms with Gasteiger partial charge in [-0.25, -0.2) is 0 Å². The Morgan fingerprint density at radius 2 is 2.08 bits per heavy atom. The largest absolute Gasteiger partial charge is 0.399 e. The highest BCUT2D eigenvalue weighted by molar-refractivity contribution is 5.51. The van der Waals surface area contributed by atoms with E-state index in [1.807, 2.05) is 19.1 Å². The van der Waals surface area contributed by atoms with Crippen LogP contribution in [0.2, 0.25) is 0 Å². The van der Waals surface area contributed by atoms with E-state index >= 15 is 0 Å². The number of hydrogen-bond donors (Lipinski definition) is 2. The molecule has 13 heavy (non-hydrogen) atoms. The molecule has 2 heteroatoms. The van der Waals surface area contributed by atoms with Crippen LogP contribution in [0.1, 0.15) is 30.0 Å². The Morgan fingerprint density at radius 3 is 2.69 bits per heavy atom. The Bertz CT molecular complexity index is 316. The molecule has 1 aromatic carbocycles. The number of nitrogens with two attached hydrogens (primary N) is 2. The second-order valence-corrected chi connectivity index (χ2v) is 3.92. The molecule has 0 aromatic heterocycles. The van der Waals surface area contributed by atoms with Gasteiger partial charge in [-0.15, -0.1) is 0 Å². The first-order valence-electron chi connectivity index (χ1n) is 4.80. The normalized spacial score (nSPS) is 18.6. The first-order valence-corrected chi connectivity index (χ1v) is 4.80. The van der Waals surface area contributed by atoms with Gasteiger partial charge in [0.25, 0.3) is 0 Å². The minimum Gasteiger partial charge on any atom is -0.399 e. The van der Waals surface area contributed by atoms with Crippen LogP contribution < -0.4 is 11.5 Å². The summed E-state index contributed by atoms with van der Waals surface area (Å²) in [7, 11) is 0. The fraction of sp³-hybridized carbons (Fsp3) is 0.455. The van der Waals surface area contributed by atoms with Gasteiger partial charge in [0.1, 0.15) is 0 Å². The van der Waals surface area contributed by atoms with Crippen LogP contribution in [-0.2, 0) is 0 Å². The molecule has 2 rings (SSSR count). The van der Waals surface area contributed by atoms with Gasteiger partial charge in [0, 0.05) is 11.7 Å². The monoisotopic (exact) mass is 176 g/mol. The average molecular weight is 176 g/mol. The van der Waals surface area contributed by atoms with Crippen molar-refractivity contribution in [3.8, 4) is 0 Å². The summed E-state index contributed by atoms with van der Waals surface area (Å²) in [6.45, 7) is 2.05. The minimum absolute atomic E-state index is 0.198. The summed E-state index contributed by atoms with van der Waals surface area (Å²) in [6, 6.07) is 6.20. The Morgan fingerprint density at radius 1 is 1.38 bits per heavy atom. The first-order chi connectivity index (χ1) is 6.20. The molecule has 0 heterocycles. The number of hydrogen-bond acceptors (Lipinski definition) is 2. The van der Waals surface area contributed by atoms with Crippen molar-refractivity contribution in [3.05, 3.63) is 29.3 Å². The van der Waals surface area contributed by atoms with Crippen LogP contribution in [0.15, 0.2) is 18.2 Å². The molecule has 0 saturated heterocycles. The molecule has 1 aliphatic carbocycles. The van der Waals surface area contributed by atoms with Crippen molar-refractivity contribution in [3.63, 3.8) is 0 Å². The lowest BCUT2D eigenvalue weighted by Gasteiger charge is -2.14. The molecule has 0 aliphatic heterocycles. The van der Waals surface area contributed by atoms with E-state index in [0.717, 1.165) is 11.3 Å². The fourth-order valence-electron chi connectivity index (χ4n) is 1.74. The van der Waals surface area contributed by atoms with Crippen LogP contribution in [0.25, 0.3) is 0 Å². The van der Waals surface area contributed by atoms with E-state index in [1.165, 1.54) is 18.4 Å². The molecule has 4 N–H and O–H groups in total. The molecule has 1 aromatic rings. The maximum atomic E-state index is 6.11. The smallest absolute Gasteiger partial charge is 0.0347 e. The highest BCUT2D eigenvalue weighted by atomic mass is 14.7. The van der Waals surface area contributed by atoms with Crippen LogP contribution >= 0.6 is 0 Å². The van der Waals surface area contributed by atoms with Crippen molar-refractivity contribution in [2.75, 3.05) is 5.73 Å². The van der Waals surface area contributed by atoms with Crippen LogP contribution in [0.3, 0.4) is 0 Å². The zero-order chi connectivity index (χ0) is 9.42. The third kappa shape index (κ3) is 1.54. The van der Waals surface area contributed by atoms with Crippen molar-refractivity contribution in [1.29, 1.82) is 0 Å². The summed E-state index contributed by atoms with van der Waals surface area (Å²) in [4.78, 5) is 0. The van der Waals surface area contributed by atoms with Crippen molar-refractivity contribution in [2.45, 2.75) is 25.8 Å². The van der Waals surface area contributed by atoms with Crippen LogP contribution in [0.4, 0.5) is 5.69 Å². The summed E-state index contributed by atoms with van der Waals surface area (Å²) in [6.07, 6.45) is 2.55. The van der Waals surface area contributed by atoms with Crippen molar-refractivity contribution >= 4 is 5.69 Å². The van der Waals surface area contributed by atoms with Gasteiger partial charge in [-0.2, -0.15) is 0 Å². The SMILES string of the molecule is Cc1c(N)cccc1[C@H](N)C1CC1. The summed E-state index contributed by atoms with van der Waals surface area (Å²) in [5.41, 5.74) is 15.2. The fourth-order valence-corrected chi connectivity index (χ4v) is 1.74. The van der Waals surface area contributed by atoms with E-state index < -0.39 is 0 Å². The minimum atomic E-state index is 0.198. The molecule has 1 aliphatic rings. The van der Waals surface area contributed by atoms with Gasteiger partial charge in [0.2, 0.25) is 0 Å². The van der Waals surface area contributed by atoms with E-state index in [1.54, 1.807) is 0 Å². The van der Waals surface area contributed by atoms with Gasteiger partial charge in [-0.1, -0.05) is 12.1 Å². The molecular weight excluding hydrogens is 160 g/mol. The molecule has 0 radical (unpaired) electrons. The number of nitrogen functional groups attached to an aromatic ring is 1. The van der Waals surface area contributed by atoms with Gasteiger partial charge < -0.3 is 11.5 Å². The van der Waals surface area contributed by atoms with E-state index in [4.69, 9.17) is 11.5 Å². The third-order valence-corrected chi connectivity index (χ3v) is 2.91. The predicted octanol–water partition coefficient (Wildman–Crippen LogP) is 1.99. The molecule has 1 atom stereocenters. The van der Waals surface area contributed by atoms with E-state index in [-0.39, 0.29) is 6.04 Å². The summed E-state index contributed by atoms with van der Waals surface area (Å²) in [5.74, 6) is 0.695. The molecule has 70 valence electrons. The molecule has 2 nitrogen and oxygen atoms in total. The molecule has 1 fully saturated rings. The molecule has 0 spiro atoms. The highest BCUT2D eigenvalue weighted by Crippen LogP contribution is 2.40. The van der Waals surface area contributed by atoms with Gasteiger partial charge in [0.05, 0.1) is 0 Å². The topological polar surface area (TPSA) is 52.0 Å². The maximum Gasteiger partial charge on any atom is 0.0347 e. The van der Waals surface area contributed by atoms with Crippen molar-refractivity contribution < 1.29 is 0 Å². The van der Waals surface area contributed by atoms with Crippen LogP contribution in [0, 0.1) is 12.8 Å². The molecule has 0 unspecified atom stereocenters. The van der Waals surface area contributed by atoms with Gasteiger partial charge in [-0.05, 0) is 42.9 Å². The lowest BCUT2D eigenvalue weighted by atomic mass is 9.97. The number of anilines is 1. The second kappa shape index (κ2) is 3.04. The zero-order valence-electron chi connectivity index (χ0n) is 7.96. The van der Waals surface area contributed by atoms with Gasteiger partial charge in [0.15, 0.2) is 0 Å². The standard InChI is InChI=1S/C11H16N2/c1-7-9(3-2-4-10(7)12)11(13)8-5-6-8/h2-4,8,11H,5-6,12-13H2,1H3/t11-/m1/s1. The first kappa shape index (κ1) is 8.57. The maximum absolute atomic E-state index is 6.11. The lowest BCUT2D eigenvalue weighted by Crippen LogP contribution is -2.14. The van der Waals surface area contributed by atoms with E-state index in [0.29, 0.717) is 5.92 Å². The molecule has 0 bridgehead atoms. The summed E-state index contributed by atoms with van der Waals surface area (Å²) >= 11 is 0. The van der Waals surface area contributed by atoms with E-state index in [9.17, 15) is 0 Å². The Balaban J connectivity index is 2.32. The van der Waals surface area contributed by atoms with E-state index in [2.05, 4.69) is 6.07 Å². The highest BCUT2D eigenvalue weighted by Gasteiger charge is 2.30. The van der Waals surface area contributed by atoms with Crippen LogP contribution in [0.5, 0.6) is 0 Å². The summed E-state index contributed by atoms with van der Waals surface area (Å²) in [5, 5.41) is 0. The Hall–Kier alpha value is -1.02. The van der Waals surface area contributed by atoms with Crippen LogP contribution in [-0.4, -0.2) is 0 Å². The number of rotatable bonds is 2. The Kier molecular flexibility index (Phi) is 2.00. The van der Waals surface area contributed by atoms with Gasteiger partial charge >= 0.3 is 0 Å². The molecule has 0 amide bonds. The van der Waals surface area contributed by atoms with Crippen molar-refractivity contribution in [1.82, 2.24) is 0 Å². The molecule has 1 saturated carbocycles. The second-order valence-electron chi connectivity index (χ2n) is 3.92. The summed E-state index contributed by atoms with van der Waals surface area (Å²) < 4.78 is 0. The number of benzene rings is 1. The Labute approximate surface area is 78.9 Å².